The third-order valence-corrected chi connectivity index (χ3v) is 3.89. The number of unbranched alkanes of at least 4 members (excludes halogenated alkanes) is 1. The van der Waals surface area contributed by atoms with Gasteiger partial charge in [-0.3, -0.25) is 4.79 Å². The quantitative estimate of drug-likeness (QED) is 0.830. The van der Waals surface area contributed by atoms with E-state index in [1.165, 1.54) is 24.0 Å². The number of nitrogens with one attached hydrogen (secondary N) is 1. The van der Waals surface area contributed by atoms with Crippen molar-refractivity contribution < 1.29 is 4.79 Å². The second-order valence-corrected chi connectivity index (χ2v) is 5.50. The fourth-order valence-electron chi connectivity index (χ4n) is 2.28. The Balaban J connectivity index is 2.08. The van der Waals surface area contributed by atoms with Gasteiger partial charge in [-0.15, -0.1) is 0 Å². The predicted octanol–water partition coefficient (Wildman–Crippen LogP) is 4.90. The summed E-state index contributed by atoms with van der Waals surface area (Å²) in [5.74, 6) is -0.0502. The zero-order chi connectivity index (χ0) is 15.2. The smallest absolute Gasteiger partial charge is 0.255 e. The minimum absolute atomic E-state index is 0.0502. The Morgan fingerprint density at radius 1 is 1.05 bits per heavy atom. The lowest BCUT2D eigenvalue weighted by Gasteiger charge is -2.10. The maximum Gasteiger partial charge on any atom is 0.255 e. The van der Waals surface area contributed by atoms with Gasteiger partial charge in [0.25, 0.3) is 5.91 Å². The van der Waals surface area contributed by atoms with Gasteiger partial charge in [0.15, 0.2) is 0 Å². The topological polar surface area (TPSA) is 29.1 Å². The van der Waals surface area contributed by atoms with Gasteiger partial charge in [0, 0.05) is 11.3 Å². The molecule has 0 bridgehead atoms. The zero-order valence-corrected chi connectivity index (χ0v) is 13.1. The van der Waals surface area contributed by atoms with E-state index in [2.05, 4.69) is 12.2 Å². The van der Waals surface area contributed by atoms with Crippen molar-refractivity contribution in [2.75, 3.05) is 5.32 Å². The van der Waals surface area contributed by atoms with Crippen LogP contribution in [0.3, 0.4) is 0 Å². The van der Waals surface area contributed by atoms with Gasteiger partial charge in [-0.2, -0.15) is 0 Å². The maximum atomic E-state index is 12.3. The average Bonchev–Trinajstić information content (AvgIpc) is 2.50. The molecule has 0 atom stereocenters. The van der Waals surface area contributed by atoms with Gasteiger partial charge >= 0.3 is 0 Å². The van der Waals surface area contributed by atoms with Crippen LogP contribution in [0.5, 0.6) is 0 Å². The number of amides is 1. The molecule has 2 rings (SSSR count). The van der Waals surface area contributed by atoms with E-state index in [1.807, 2.05) is 56.3 Å². The standard InChI is InChI=1S/C19H23NO/c1-4-5-8-16-10-12-17(13-11-16)19(21)20-18-9-6-7-14(2)15(18)3/h6-7,9-13H,4-5,8H2,1-3H3,(H,20,21). The molecule has 1 N–H and O–H groups in total. The molecule has 2 nitrogen and oxygen atoms in total. The predicted molar refractivity (Wildman–Crippen MR) is 88.9 cm³/mol. The van der Waals surface area contributed by atoms with E-state index in [4.69, 9.17) is 0 Å². The van der Waals surface area contributed by atoms with E-state index in [9.17, 15) is 4.79 Å². The van der Waals surface area contributed by atoms with E-state index >= 15 is 0 Å². The van der Waals surface area contributed by atoms with Crippen LogP contribution in [0.15, 0.2) is 42.5 Å². The molecule has 2 aromatic carbocycles. The highest BCUT2D eigenvalue weighted by Crippen LogP contribution is 2.19. The number of hydrogen-bond acceptors (Lipinski definition) is 1. The molecule has 0 aliphatic heterocycles. The number of anilines is 1. The molecule has 0 spiro atoms. The minimum Gasteiger partial charge on any atom is -0.322 e. The van der Waals surface area contributed by atoms with E-state index in [0.29, 0.717) is 5.56 Å². The summed E-state index contributed by atoms with van der Waals surface area (Å²) in [6.45, 7) is 6.26. The van der Waals surface area contributed by atoms with Crippen molar-refractivity contribution in [1.29, 1.82) is 0 Å². The largest absolute Gasteiger partial charge is 0.322 e. The van der Waals surface area contributed by atoms with Crippen molar-refractivity contribution in [3.63, 3.8) is 0 Å². The van der Waals surface area contributed by atoms with Crippen molar-refractivity contribution in [2.24, 2.45) is 0 Å². The summed E-state index contributed by atoms with van der Waals surface area (Å²) in [5.41, 5.74) is 5.18. The molecule has 0 aromatic heterocycles. The van der Waals surface area contributed by atoms with Crippen LogP contribution in [0.1, 0.15) is 46.8 Å². The van der Waals surface area contributed by atoms with Gasteiger partial charge in [0.05, 0.1) is 0 Å². The Hall–Kier alpha value is -2.09. The molecular formula is C19H23NO. The SMILES string of the molecule is CCCCc1ccc(C(=O)Nc2cccc(C)c2C)cc1. The van der Waals surface area contributed by atoms with Gasteiger partial charge in [-0.25, -0.2) is 0 Å². The van der Waals surface area contributed by atoms with Crippen molar-refractivity contribution >= 4 is 11.6 Å². The van der Waals surface area contributed by atoms with Crippen molar-refractivity contribution in [3.8, 4) is 0 Å². The fourth-order valence-corrected chi connectivity index (χ4v) is 2.28. The molecule has 2 aromatic rings. The highest BCUT2D eigenvalue weighted by Gasteiger charge is 2.08. The third kappa shape index (κ3) is 3.94. The lowest BCUT2D eigenvalue weighted by atomic mass is 10.1. The van der Waals surface area contributed by atoms with Crippen molar-refractivity contribution in [1.82, 2.24) is 0 Å². The molecule has 0 aliphatic rings. The first-order chi connectivity index (χ1) is 10.1. The Kier molecular flexibility index (Phi) is 5.15. The van der Waals surface area contributed by atoms with E-state index < -0.39 is 0 Å². The summed E-state index contributed by atoms with van der Waals surface area (Å²) in [7, 11) is 0. The number of carbonyl (C=O) groups excluding carboxylic acids is 1. The van der Waals surface area contributed by atoms with Gasteiger partial charge in [-0.1, -0.05) is 37.6 Å². The van der Waals surface area contributed by atoms with E-state index in [0.717, 1.165) is 17.7 Å². The second-order valence-electron chi connectivity index (χ2n) is 5.50. The number of hydrogen-bond donors (Lipinski definition) is 1. The second kappa shape index (κ2) is 7.07. The summed E-state index contributed by atoms with van der Waals surface area (Å²) in [6.07, 6.45) is 3.46. The molecule has 2 heteroatoms. The van der Waals surface area contributed by atoms with Crippen LogP contribution in [0.2, 0.25) is 0 Å². The lowest BCUT2D eigenvalue weighted by Crippen LogP contribution is -2.13. The molecular weight excluding hydrogens is 258 g/mol. The summed E-state index contributed by atoms with van der Waals surface area (Å²) >= 11 is 0. The Morgan fingerprint density at radius 3 is 2.43 bits per heavy atom. The first kappa shape index (κ1) is 15.3. The molecule has 0 radical (unpaired) electrons. The highest BCUT2D eigenvalue weighted by molar-refractivity contribution is 6.04. The molecule has 1 amide bonds. The number of benzene rings is 2. The molecule has 21 heavy (non-hydrogen) atoms. The number of aryl methyl sites for hydroxylation is 2. The fraction of sp³-hybridized carbons (Fsp3) is 0.316. The normalized spacial score (nSPS) is 10.4. The monoisotopic (exact) mass is 281 g/mol. The molecule has 0 fully saturated rings. The van der Waals surface area contributed by atoms with E-state index in [1.54, 1.807) is 0 Å². The van der Waals surface area contributed by atoms with Gasteiger partial charge in [0.2, 0.25) is 0 Å². The molecule has 0 saturated carbocycles. The van der Waals surface area contributed by atoms with E-state index in [-0.39, 0.29) is 5.91 Å². The molecule has 0 heterocycles. The molecule has 0 aliphatic carbocycles. The number of carbonyl (C=O) groups is 1. The van der Waals surface area contributed by atoms with Gasteiger partial charge in [-0.05, 0) is 61.6 Å². The summed E-state index contributed by atoms with van der Waals surface area (Å²) in [5, 5.41) is 2.99. The lowest BCUT2D eigenvalue weighted by molar-refractivity contribution is 0.102. The Labute approximate surface area is 127 Å². The van der Waals surface area contributed by atoms with Crippen LogP contribution in [0, 0.1) is 13.8 Å². The summed E-state index contributed by atoms with van der Waals surface area (Å²) in [4.78, 5) is 12.3. The molecule has 0 unspecified atom stereocenters. The van der Waals surface area contributed by atoms with Crippen LogP contribution in [0.4, 0.5) is 5.69 Å². The Morgan fingerprint density at radius 2 is 1.76 bits per heavy atom. The summed E-state index contributed by atoms with van der Waals surface area (Å²) in [6, 6.07) is 13.9. The van der Waals surface area contributed by atoms with Gasteiger partial charge < -0.3 is 5.32 Å². The van der Waals surface area contributed by atoms with Crippen LogP contribution in [-0.2, 0) is 6.42 Å². The summed E-state index contributed by atoms with van der Waals surface area (Å²) < 4.78 is 0. The first-order valence-electron chi connectivity index (χ1n) is 7.58. The van der Waals surface area contributed by atoms with Crippen molar-refractivity contribution in [2.45, 2.75) is 40.0 Å². The van der Waals surface area contributed by atoms with Crippen molar-refractivity contribution in [3.05, 3.63) is 64.7 Å². The van der Waals surface area contributed by atoms with Crippen LogP contribution >= 0.6 is 0 Å². The molecule has 0 saturated heterocycles. The van der Waals surface area contributed by atoms with Crippen LogP contribution < -0.4 is 5.32 Å². The third-order valence-electron chi connectivity index (χ3n) is 3.89. The first-order valence-corrected chi connectivity index (χ1v) is 7.58. The van der Waals surface area contributed by atoms with Crippen LogP contribution in [0.25, 0.3) is 0 Å². The highest BCUT2D eigenvalue weighted by atomic mass is 16.1. The zero-order valence-electron chi connectivity index (χ0n) is 13.1. The van der Waals surface area contributed by atoms with Gasteiger partial charge in [0.1, 0.15) is 0 Å². The Bertz CT molecular complexity index is 614. The number of rotatable bonds is 5. The van der Waals surface area contributed by atoms with Crippen LogP contribution in [-0.4, -0.2) is 5.91 Å². The minimum atomic E-state index is -0.0502. The maximum absolute atomic E-state index is 12.3. The molecule has 110 valence electrons. The average molecular weight is 281 g/mol.